The molecule has 0 unspecified atom stereocenters. The second-order valence-corrected chi connectivity index (χ2v) is 7.68. The Morgan fingerprint density at radius 3 is 2.84 bits per heavy atom. The molecule has 7 nitrogen and oxygen atoms in total. The van der Waals surface area contributed by atoms with Crippen molar-refractivity contribution in [1.29, 1.82) is 5.26 Å². The summed E-state index contributed by atoms with van der Waals surface area (Å²) in [4.78, 5) is 22.2. The predicted octanol–water partition coefficient (Wildman–Crippen LogP) is 4.71. The average molecular weight is 415 g/mol. The summed E-state index contributed by atoms with van der Waals surface area (Å²) in [5, 5.41) is 13.2. The number of aromatic nitrogens is 3. The minimum atomic E-state index is -0.554. The van der Waals surface area contributed by atoms with Gasteiger partial charge in [-0.05, 0) is 56.2 Å². The molecule has 0 radical (unpaired) electrons. The molecule has 2 aromatic carbocycles. The minimum absolute atomic E-state index is 0.128. The van der Waals surface area contributed by atoms with Crippen LogP contribution in [0.4, 0.5) is 10.1 Å². The molecule has 0 spiro atoms. The van der Waals surface area contributed by atoms with E-state index < -0.39 is 5.82 Å². The van der Waals surface area contributed by atoms with E-state index in [-0.39, 0.29) is 17.5 Å². The number of carbonyl (C=O) groups is 1. The van der Waals surface area contributed by atoms with E-state index in [9.17, 15) is 9.18 Å². The topological polar surface area (TPSA) is 98.8 Å². The second-order valence-electron chi connectivity index (χ2n) is 7.68. The smallest absolute Gasteiger partial charge is 0.227 e. The molecule has 5 rings (SSSR count). The van der Waals surface area contributed by atoms with E-state index in [4.69, 9.17) is 9.78 Å². The van der Waals surface area contributed by atoms with Crippen molar-refractivity contribution in [3.8, 4) is 17.2 Å². The lowest BCUT2D eigenvalue weighted by atomic mass is 10.0. The van der Waals surface area contributed by atoms with Crippen LogP contribution >= 0.6 is 0 Å². The first-order chi connectivity index (χ1) is 14.9. The van der Waals surface area contributed by atoms with Crippen LogP contribution in [0.5, 0.6) is 0 Å². The zero-order valence-electron chi connectivity index (χ0n) is 16.9. The fourth-order valence-corrected chi connectivity index (χ4v) is 4.28. The summed E-state index contributed by atoms with van der Waals surface area (Å²) < 4.78 is 19.3. The Balaban J connectivity index is 1.56. The largest absolute Gasteiger partial charge is 0.361 e. The monoisotopic (exact) mass is 415 g/mol. The third-order valence-electron chi connectivity index (χ3n) is 5.64. The summed E-state index contributed by atoms with van der Waals surface area (Å²) in [6.45, 7) is 3.76. The Morgan fingerprint density at radius 1 is 1.26 bits per heavy atom. The van der Waals surface area contributed by atoms with Gasteiger partial charge in [-0.3, -0.25) is 4.79 Å². The first kappa shape index (κ1) is 19.0. The molecule has 1 aliphatic rings. The number of fused-ring (bicyclic) bond motifs is 1. The molecule has 4 aromatic rings. The first-order valence-corrected chi connectivity index (χ1v) is 9.90. The van der Waals surface area contributed by atoms with Gasteiger partial charge in [0.25, 0.3) is 0 Å². The highest BCUT2D eigenvalue weighted by molar-refractivity contribution is 5.96. The van der Waals surface area contributed by atoms with Crippen LogP contribution in [0.1, 0.15) is 41.7 Å². The number of imidazole rings is 1. The Hall–Kier alpha value is -3.99. The highest BCUT2D eigenvalue weighted by Gasteiger charge is 2.35. The van der Waals surface area contributed by atoms with E-state index in [0.717, 1.165) is 39.7 Å². The molecule has 2 aromatic heterocycles. The van der Waals surface area contributed by atoms with Gasteiger partial charge in [-0.2, -0.15) is 5.26 Å². The molecule has 0 saturated carbocycles. The molecule has 8 heteroatoms. The second kappa shape index (κ2) is 7.06. The highest BCUT2D eigenvalue weighted by atomic mass is 19.1. The molecule has 154 valence electrons. The fraction of sp³-hybridized carbons (Fsp3) is 0.217. The number of aryl methyl sites for hydroxylation is 2. The van der Waals surface area contributed by atoms with Crippen molar-refractivity contribution in [3.63, 3.8) is 0 Å². The summed E-state index contributed by atoms with van der Waals surface area (Å²) in [5.41, 5.74) is 4.83. The van der Waals surface area contributed by atoms with Crippen LogP contribution in [-0.2, 0) is 4.79 Å². The standard InChI is InChI=1S/C23H18FN5O2/c1-12-22(13(2)31-28-12)15-3-4-18-19(9-15)27-23(26-18)20-5-6-21(30)29(20)17-8-14(11-25)7-16(24)10-17/h3-4,7-10,20H,5-6H2,1-2H3,(H,26,27)/t20-/m0/s1. The van der Waals surface area contributed by atoms with E-state index in [0.29, 0.717) is 24.4 Å². The number of hydrogen-bond acceptors (Lipinski definition) is 5. The normalized spacial score (nSPS) is 16.3. The van der Waals surface area contributed by atoms with Gasteiger partial charge in [0.05, 0.1) is 34.4 Å². The van der Waals surface area contributed by atoms with Crippen molar-refractivity contribution in [1.82, 2.24) is 15.1 Å². The molecule has 1 fully saturated rings. The SMILES string of the molecule is Cc1noc(C)c1-c1ccc2nc([C@@H]3CCC(=O)N3c3cc(F)cc(C#N)c3)[nH]c2c1. The molecule has 1 saturated heterocycles. The molecular formula is C23H18FN5O2. The summed E-state index contributed by atoms with van der Waals surface area (Å²) in [5.74, 6) is 0.681. The average Bonchev–Trinajstić information content (AvgIpc) is 3.43. The van der Waals surface area contributed by atoms with Gasteiger partial charge < -0.3 is 14.4 Å². The third kappa shape index (κ3) is 3.15. The Kier molecular flexibility index (Phi) is 4.33. The number of H-pyrrole nitrogens is 1. The number of aromatic amines is 1. The number of anilines is 1. The van der Waals surface area contributed by atoms with Crippen molar-refractivity contribution in [2.75, 3.05) is 4.90 Å². The number of nitrogens with zero attached hydrogens (tertiary/aromatic N) is 4. The van der Waals surface area contributed by atoms with Gasteiger partial charge in [0.2, 0.25) is 5.91 Å². The number of hydrogen-bond donors (Lipinski definition) is 1. The molecular weight excluding hydrogens is 397 g/mol. The summed E-state index contributed by atoms with van der Waals surface area (Å²) in [6, 6.07) is 11.4. The molecule has 31 heavy (non-hydrogen) atoms. The number of amides is 1. The zero-order valence-corrected chi connectivity index (χ0v) is 16.9. The first-order valence-electron chi connectivity index (χ1n) is 9.90. The van der Waals surface area contributed by atoms with Gasteiger partial charge in [0, 0.05) is 17.7 Å². The molecule has 0 aliphatic carbocycles. The highest BCUT2D eigenvalue weighted by Crippen LogP contribution is 2.38. The van der Waals surface area contributed by atoms with Crippen molar-refractivity contribution >= 4 is 22.6 Å². The van der Waals surface area contributed by atoms with Crippen LogP contribution in [0, 0.1) is 31.0 Å². The maximum absolute atomic E-state index is 14.0. The number of benzene rings is 2. The van der Waals surface area contributed by atoms with Gasteiger partial charge in [-0.15, -0.1) is 0 Å². The van der Waals surface area contributed by atoms with Crippen LogP contribution in [0.2, 0.25) is 0 Å². The molecule has 0 bridgehead atoms. The molecule has 1 atom stereocenters. The Labute approximate surface area is 177 Å². The van der Waals surface area contributed by atoms with Crippen LogP contribution in [-0.4, -0.2) is 21.0 Å². The zero-order chi connectivity index (χ0) is 21.7. The van der Waals surface area contributed by atoms with Crippen molar-refractivity contribution < 1.29 is 13.7 Å². The molecule has 1 aliphatic heterocycles. The van der Waals surface area contributed by atoms with E-state index in [1.165, 1.54) is 17.0 Å². The maximum Gasteiger partial charge on any atom is 0.227 e. The van der Waals surface area contributed by atoms with Crippen LogP contribution in [0.3, 0.4) is 0 Å². The fourth-order valence-electron chi connectivity index (χ4n) is 4.28. The summed E-state index contributed by atoms with van der Waals surface area (Å²) >= 11 is 0. The molecule has 1 amide bonds. The van der Waals surface area contributed by atoms with Crippen LogP contribution < -0.4 is 4.90 Å². The minimum Gasteiger partial charge on any atom is -0.361 e. The van der Waals surface area contributed by atoms with Gasteiger partial charge in [-0.25, -0.2) is 9.37 Å². The number of carbonyl (C=O) groups excluding carboxylic acids is 1. The van der Waals surface area contributed by atoms with Gasteiger partial charge in [-0.1, -0.05) is 11.2 Å². The van der Waals surface area contributed by atoms with E-state index >= 15 is 0 Å². The van der Waals surface area contributed by atoms with Crippen molar-refractivity contribution in [2.24, 2.45) is 0 Å². The number of rotatable bonds is 3. The molecule has 3 heterocycles. The summed E-state index contributed by atoms with van der Waals surface area (Å²) in [7, 11) is 0. The number of nitrogens with one attached hydrogen (secondary N) is 1. The molecule has 1 N–H and O–H groups in total. The Morgan fingerprint density at radius 2 is 2.10 bits per heavy atom. The van der Waals surface area contributed by atoms with Crippen molar-refractivity contribution in [2.45, 2.75) is 32.7 Å². The van der Waals surface area contributed by atoms with E-state index in [1.807, 2.05) is 38.1 Å². The van der Waals surface area contributed by atoms with Gasteiger partial charge >= 0.3 is 0 Å². The summed E-state index contributed by atoms with van der Waals surface area (Å²) in [6.07, 6.45) is 0.873. The third-order valence-corrected chi connectivity index (χ3v) is 5.64. The van der Waals surface area contributed by atoms with Crippen LogP contribution in [0.15, 0.2) is 40.9 Å². The van der Waals surface area contributed by atoms with Gasteiger partial charge in [0.15, 0.2) is 0 Å². The maximum atomic E-state index is 14.0. The lowest BCUT2D eigenvalue weighted by Crippen LogP contribution is -2.28. The lowest BCUT2D eigenvalue weighted by Gasteiger charge is -2.23. The van der Waals surface area contributed by atoms with Crippen molar-refractivity contribution in [3.05, 3.63) is 65.1 Å². The number of halogens is 1. The lowest BCUT2D eigenvalue weighted by molar-refractivity contribution is -0.117. The quantitative estimate of drug-likeness (QED) is 0.522. The number of nitriles is 1. The van der Waals surface area contributed by atoms with E-state index in [1.54, 1.807) is 0 Å². The Bertz CT molecular complexity index is 1360. The van der Waals surface area contributed by atoms with Crippen LogP contribution in [0.25, 0.3) is 22.2 Å². The van der Waals surface area contributed by atoms with E-state index in [2.05, 4.69) is 15.1 Å². The predicted molar refractivity (Wildman–Crippen MR) is 112 cm³/mol. The van der Waals surface area contributed by atoms with Gasteiger partial charge in [0.1, 0.15) is 17.4 Å².